The van der Waals surface area contributed by atoms with Gasteiger partial charge in [0.2, 0.25) is 0 Å². The minimum Gasteiger partial charge on any atom is -0.462 e. The van der Waals surface area contributed by atoms with Gasteiger partial charge in [0.25, 0.3) is 0 Å². The van der Waals surface area contributed by atoms with Crippen molar-refractivity contribution in [2.75, 3.05) is 13.2 Å². The van der Waals surface area contributed by atoms with E-state index in [9.17, 15) is 9.59 Å². The number of rotatable bonds is 16. The summed E-state index contributed by atoms with van der Waals surface area (Å²) in [6.45, 7) is 5.27. The SMILES string of the molecule is CCCCCCCCOC(=O)c1ccc(C(=O)OCCCCCCCC)c2ccccc12. The molecule has 176 valence electrons. The lowest BCUT2D eigenvalue weighted by Gasteiger charge is -2.11. The number of esters is 2. The molecule has 0 saturated heterocycles. The molecule has 2 aromatic carbocycles. The zero-order chi connectivity index (χ0) is 23.0. The second kappa shape index (κ2) is 15.4. The summed E-state index contributed by atoms with van der Waals surface area (Å²) in [6, 6.07) is 10.8. The number of benzene rings is 2. The Bertz CT molecular complexity index is 759. The molecule has 4 nitrogen and oxygen atoms in total. The summed E-state index contributed by atoms with van der Waals surface area (Å²) in [5.41, 5.74) is 0.998. The van der Waals surface area contributed by atoms with Crippen LogP contribution >= 0.6 is 0 Å². The molecular weight excluding hydrogens is 400 g/mol. The molecule has 0 amide bonds. The Morgan fingerprint density at radius 2 is 0.938 bits per heavy atom. The first kappa shape index (κ1) is 25.9. The van der Waals surface area contributed by atoms with Gasteiger partial charge >= 0.3 is 11.9 Å². The smallest absolute Gasteiger partial charge is 0.338 e. The van der Waals surface area contributed by atoms with Crippen molar-refractivity contribution in [3.8, 4) is 0 Å². The summed E-state index contributed by atoms with van der Waals surface area (Å²) in [7, 11) is 0. The Labute approximate surface area is 193 Å². The van der Waals surface area contributed by atoms with E-state index in [2.05, 4.69) is 13.8 Å². The minimum absolute atomic E-state index is 0.332. The van der Waals surface area contributed by atoms with Crippen LogP contribution in [0.4, 0.5) is 0 Å². The van der Waals surface area contributed by atoms with Crippen molar-refractivity contribution >= 4 is 22.7 Å². The highest BCUT2D eigenvalue weighted by molar-refractivity contribution is 6.11. The van der Waals surface area contributed by atoms with Crippen molar-refractivity contribution < 1.29 is 19.1 Å². The molecule has 32 heavy (non-hydrogen) atoms. The number of carbonyl (C=O) groups excluding carboxylic acids is 2. The van der Waals surface area contributed by atoms with Crippen LogP contribution in [0.3, 0.4) is 0 Å². The first-order valence-electron chi connectivity index (χ1n) is 12.5. The van der Waals surface area contributed by atoms with Gasteiger partial charge in [-0.15, -0.1) is 0 Å². The molecule has 0 saturated carbocycles. The summed E-state index contributed by atoms with van der Waals surface area (Å²) in [4.78, 5) is 25.3. The molecule has 0 aliphatic heterocycles. The van der Waals surface area contributed by atoms with Crippen molar-refractivity contribution in [1.82, 2.24) is 0 Å². The maximum atomic E-state index is 12.7. The van der Waals surface area contributed by atoms with E-state index in [0.717, 1.165) is 36.5 Å². The highest BCUT2D eigenvalue weighted by Gasteiger charge is 2.17. The van der Waals surface area contributed by atoms with Crippen molar-refractivity contribution in [1.29, 1.82) is 0 Å². The van der Waals surface area contributed by atoms with Gasteiger partial charge in [-0.25, -0.2) is 9.59 Å². The predicted molar refractivity (Wildman–Crippen MR) is 131 cm³/mol. The van der Waals surface area contributed by atoms with Gasteiger partial charge in [0.1, 0.15) is 0 Å². The third-order valence-corrected chi connectivity index (χ3v) is 5.83. The Hall–Kier alpha value is -2.36. The molecule has 0 fully saturated rings. The number of fused-ring (bicyclic) bond motifs is 1. The standard InChI is InChI=1S/C28H40O4/c1-3-5-7-9-11-15-21-31-27(29)25-19-20-26(24-18-14-13-17-23(24)25)28(30)32-22-16-12-10-8-6-4-2/h13-14,17-20H,3-12,15-16,21-22H2,1-2H3. The lowest BCUT2D eigenvalue weighted by atomic mass is 9.99. The molecule has 0 aromatic heterocycles. The summed E-state index contributed by atoms with van der Waals surface area (Å²) < 4.78 is 11.0. The molecule has 4 heteroatoms. The van der Waals surface area contributed by atoms with Gasteiger partial charge in [-0.05, 0) is 35.7 Å². The fourth-order valence-electron chi connectivity index (χ4n) is 3.91. The van der Waals surface area contributed by atoms with E-state index in [1.165, 1.54) is 51.4 Å². The van der Waals surface area contributed by atoms with Crippen LogP contribution in [-0.4, -0.2) is 25.2 Å². The molecule has 0 heterocycles. The minimum atomic E-state index is -0.332. The van der Waals surface area contributed by atoms with Gasteiger partial charge in [0.05, 0.1) is 24.3 Å². The second-order valence-electron chi connectivity index (χ2n) is 8.51. The zero-order valence-electron chi connectivity index (χ0n) is 20.0. The summed E-state index contributed by atoms with van der Waals surface area (Å²) >= 11 is 0. The van der Waals surface area contributed by atoms with Crippen LogP contribution in [0, 0.1) is 0 Å². The lowest BCUT2D eigenvalue weighted by molar-refractivity contribution is 0.0486. The number of carbonyl (C=O) groups is 2. The van der Waals surface area contributed by atoms with Gasteiger partial charge in [0.15, 0.2) is 0 Å². The van der Waals surface area contributed by atoms with Crippen molar-refractivity contribution in [2.45, 2.75) is 90.9 Å². The Kier molecular flexibility index (Phi) is 12.5. The van der Waals surface area contributed by atoms with Crippen LogP contribution in [0.1, 0.15) is 112 Å². The fourth-order valence-corrected chi connectivity index (χ4v) is 3.91. The highest BCUT2D eigenvalue weighted by Crippen LogP contribution is 2.24. The normalized spacial score (nSPS) is 10.9. The van der Waals surface area contributed by atoms with Gasteiger partial charge < -0.3 is 9.47 Å². The average molecular weight is 441 g/mol. The van der Waals surface area contributed by atoms with Gasteiger partial charge in [-0.3, -0.25) is 0 Å². The second-order valence-corrected chi connectivity index (χ2v) is 8.51. The Morgan fingerprint density at radius 3 is 1.34 bits per heavy atom. The van der Waals surface area contributed by atoms with Gasteiger partial charge in [-0.2, -0.15) is 0 Å². The molecular formula is C28H40O4. The van der Waals surface area contributed by atoms with Crippen LogP contribution in [0.5, 0.6) is 0 Å². The number of hydrogen-bond donors (Lipinski definition) is 0. The number of ether oxygens (including phenoxy) is 2. The molecule has 0 atom stereocenters. The van der Waals surface area contributed by atoms with E-state index >= 15 is 0 Å². The van der Waals surface area contributed by atoms with Crippen LogP contribution in [0.15, 0.2) is 36.4 Å². The predicted octanol–water partition coefficient (Wildman–Crippen LogP) is 7.87. The Balaban J connectivity index is 1.90. The first-order valence-corrected chi connectivity index (χ1v) is 12.5. The summed E-state index contributed by atoms with van der Waals surface area (Å²) in [6.07, 6.45) is 13.8. The van der Waals surface area contributed by atoms with Crippen LogP contribution < -0.4 is 0 Å². The molecule has 0 aliphatic rings. The molecule has 0 bridgehead atoms. The highest BCUT2D eigenvalue weighted by atomic mass is 16.5. The summed E-state index contributed by atoms with van der Waals surface area (Å²) in [5, 5.41) is 1.46. The van der Waals surface area contributed by atoms with Crippen LogP contribution in [0.25, 0.3) is 10.8 Å². The molecule has 0 radical (unpaired) electrons. The molecule has 2 aromatic rings. The van der Waals surface area contributed by atoms with Crippen molar-refractivity contribution in [2.24, 2.45) is 0 Å². The van der Waals surface area contributed by atoms with E-state index in [4.69, 9.17) is 9.47 Å². The molecule has 0 spiro atoms. The fraction of sp³-hybridized carbons (Fsp3) is 0.571. The average Bonchev–Trinajstić information content (AvgIpc) is 2.82. The van der Waals surface area contributed by atoms with E-state index < -0.39 is 0 Å². The van der Waals surface area contributed by atoms with E-state index in [0.29, 0.717) is 24.3 Å². The van der Waals surface area contributed by atoms with Crippen LogP contribution in [0.2, 0.25) is 0 Å². The quantitative estimate of drug-likeness (QED) is 0.197. The largest absolute Gasteiger partial charge is 0.462 e. The lowest BCUT2D eigenvalue weighted by Crippen LogP contribution is -2.10. The van der Waals surface area contributed by atoms with E-state index in [1.54, 1.807) is 12.1 Å². The number of hydrogen-bond acceptors (Lipinski definition) is 4. The van der Waals surface area contributed by atoms with Crippen LogP contribution in [-0.2, 0) is 9.47 Å². The molecule has 0 N–H and O–H groups in total. The molecule has 0 unspecified atom stereocenters. The molecule has 0 aliphatic carbocycles. The van der Waals surface area contributed by atoms with E-state index in [-0.39, 0.29) is 11.9 Å². The Morgan fingerprint density at radius 1 is 0.562 bits per heavy atom. The van der Waals surface area contributed by atoms with Gasteiger partial charge in [-0.1, -0.05) is 102 Å². The van der Waals surface area contributed by atoms with Gasteiger partial charge in [0, 0.05) is 0 Å². The van der Waals surface area contributed by atoms with Crippen molar-refractivity contribution in [3.05, 3.63) is 47.5 Å². The van der Waals surface area contributed by atoms with Crippen molar-refractivity contribution in [3.63, 3.8) is 0 Å². The van der Waals surface area contributed by atoms with E-state index in [1.807, 2.05) is 24.3 Å². The first-order chi connectivity index (χ1) is 15.7. The topological polar surface area (TPSA) is 52.6 Å². The zero-order valence-corrected chi connectivity index (χ0v) is 20.0. The maximum Gasteiger partial charge on any atom is 0.338 e. The monoisotopic (exact) mass is 440 g/mol. The third kappa shape index (κ3) is 8.64. The number of unbranched alkanes of at least 4 members (excludes halogenated alkanes) is 10. The summed E-state index contributed by atoms with van der Waals surface area (Å²) in [5.74, 6) is -0.663. The molecule has 2 rings (SSSR count). The maximum absolute atomic E-state index is 12.7. The third-order valence-electron chi connectivity index (χ3n) is 5.83.